The van der Waals surface area contributed by atoms with E-state index < -0.39 is 29.1 Å². The van der Waals surface area contributed by atoms with Crippen molar-refractivity contribution in [1.82, 2.24) is 4.90 Å². The van der Waals surface area contributed by atoms with E-state index in [9.17, 15) is 27.5 Å². The highest BCUT2D eigenvalue weighted by atomic mass is 19.4. The number of halogens is 4. The van der Waals surface area contributed by atoms with Crippen molar-refractivity contribution in [2.45, 2.75) is 43.9 Å². The van der Waals surface area contributed by atoms with Gasteiger partial charge >= 0.3 is 6.18 Å². The number of aliphatic hydroxyl groups excluding tert-OH is 1. The zero-order chi connectivity index (χ0) is 17.7. The van der Waals surface area contributed by atoms with Crippen molar-refractivity contribution in [3.63, 3.8) is 0 Å². The molecule has 0 unspecified atom stereocenters. The Morgan fingerprint density at radius 1 is 1.29 bits per heavy atom. The van der Waals surface area contributed by atoms with Crippen molar-refractivity contribution in [1.29, 1.82) is 0 Å². The fourth-order valence-corrected chi connectivity index (χ4v) is 3.40. The van der Waals surface area contributed by atoms with Crippen LogP contribution in [0.5, 0.6) is 0 Å². The molecule has 2 fully saturated rings. The molecule has 2 atom stereocenters. The molecule has 7 heteroatoms. The smallest absolute Gasteiger partial charge is 0.393 e. The third-order valence-electron chi connectivity index (χ3n) is 5.08. The van der Waals surface area contributed by atoms with E-state index >= 15 is 0 Å². The van der Waals surface area contributed by atoms with Gasteiger partial charge in [0.1, 0.15) is 5.82 Å². The molecule has 0 aromatic heterocycles. The molecule has 132 valence electrons. The Balaban J connectivity index is 1.89. The Hall–Kier alpha value is -1.63. The van der Waals surface area contributed by atoms with Crippen LogP contribution in [-0.2, 0) is 16.4 Å². The fraction of sp³-hybridized carbons (Fsp3) is 0.588. The maximum atomic E-state index is 13.7. The van der Waals surface area contributed by atoms with E-state index in [0.29, 0.717) is 38.4 Å². The van der Waals surface area contributed by atoms with Gasteiger partial charge in [-0.3, -0.25) is 4.79 Å². The summed E-state index contributed by atoms with van der Waals surface area (Å²) in [6.07, 6.45) is -3.85. The van der Waals surface area contributed by atoms with Crippen LogP contribution < -0.4 is 0 Å². The molecule has 1 saturated heterocycles. The Morgan fingerprint density at radius 3 is 2.50 bits per heavy atom. The Kier molecular flexibility index (Phi) is 4.10. The van der Waals surface area contributed by atoms with Crippen LogP contribution in [0.2, 0.25) is 0 Å². The summed E-state index contributed by atoms with van der Waals surface area (Å²) in [7, 11) is 0. The summed E-state index contributed by atoms with van der Waals surface area (Å²) < 4.78 is 52.4. The van der Waals surface area contributed by atoms with E-state index in [2.05, 4.69) is 0 Å². The van der Waals surface area contributed by atoms with Crippen molar-refractivity contribution in [2.24, 2.45) is 5.92 Å². The molecule has 0 spiro atoms. The number of hydrogen-bond donors (Lipinski definition) is 1. The van der Waals surface area contributed by atoms with Crippen molar-refractivity contribution in [3.05, 3.63) is 35.1 Å². The van der Waals surface area contributed by atoms with Gasteiger partial charge in [0.05, 0.1) is 17.1 Å². The Morgan fingerprint density at radius 2 is 1.96 bits per heavy atom. The van der Waals surface area contributed by atoms with E-state index in [1.807, 2.05) is 6.92 Å². The molecule has 1 heterocycles. The van der Waals surface area contributed by atoms with Crippen molar-refractivity contribution in [3.8, 4) is 0 Å². The predicted molar refractivity (Wildman–Crippen MR) is 78.7 cm³/mol. The molecule has 24 heavy (non-hydrogen) atoms. The largest absolute Gasteiger partial charge is 0.416 e. The van der Waals surface area contributed by atoms with Crippen LogP contribution >= 0.6 is 0 Å². The van der Waals surface area contributed by atoms with Gasteiger partial charge < -0.3 is 10.0 Å². The number of piperidine rings is 1. The molecule has 1 N–H and O–H groups in total. The SMILES string of the molecule is C[C@H]1CN(C(=O)C2(c3cc(F)cc(C(F)(F)F)c3)CC2)CC[C@@H]1O. The highest BCUT2D eigenvalue weighted by Crippen LogP contribution is 2.51. The summed E-state index contributed by atoms with van der Waals surface area (Å²) in [6.45, 7) is 2.56. The van der Waals surface area contributed by atoms with Gasteiger partial charge in [0.25, 0.3) is 0 Å². The van der Waals surface area contributed by atoms with E-state index in [0.717, 1.165) is 12.1 Å². The Bertz CT molecular complexity index is 654. The third-order valence-corrected chi connectivity index (χ3v) is 5.08. The number of carbonyl (C=O) groups excluding carboxylic acids is 1. The number of alkyl halides is 3. The summed E-state index contributed by atoms with van der Waals surface area (Å²) in [4.78, 5) is 14.4. The van der Waals surface area contributed by atoms with Gasteiger partial charge in [-0.2, -0.15) is 13.2 Å². The minimum absolute atomic E-state index is 0.0863. The number of amides is 1. The van der Waals surface area contributed by atoms with Gasteiger partial charge in [-0.1, -0.05) is 6.92 Å². The van der Waals surface area contributed by atoms with Crippen molar-refractivity contribution < 1.29 is 27.5 Å². The lowest BCUT2D eigenvalue weighted by molar-refractivity contribution is -0.139. The maximum Gasteiger partial charge on any atom is 0.416 e. The van der Waals surface area contributed by atoms with E-state index in [4.69, 9.17) is 0 Å². The summed E-state index contributed by atoms with van der Waals surface area (Å²) in [5, 5.41) is 9.76. The van der Waals surface area contributed by atoms with Crippen LogP contribution in [0.25, 0.3) is 0 Å². The van der Waals surface area contributed by atoms with Gasteiger partial charge in [-0.25, -0.2) is 4.39 Å². The summed E-state index contributed by atoms with van der Waals surface area (Å²) in [6, 6.07) is 2.36. The zero-order valence-corrected chi connectivity index (χ0v) is 13.2. The minimum Gasteiger partial charge on any atom is -0.393 e. The van der Waals surface area contributed by atoms with Crippen LogP contribution in [0.3, 0.4) is 0 Å². The molecule has 1 aromatic rings. The van der Waals surface area contributed by atoms with Gasteiger partial charge in [0, 0.05) is 13.1 Å². The lowest BCUT2D eigenvalue weighted by Gasteiger charge is -2.36. The molecule has 0 bridgehead atoms. The van der Waals surface area contributed by atoms with Gasteiger partial charge in [-0.05, 0) is 48.9 Å². The normalized spacial score (nSPS) is 26.3. The number of nitrogens with zero attached hydrogens (tertiary/aromatic N) is 1. The average molecular weight is 345 g/mol. The van der Waals surface area contributed by atoms with E-state index in [-0.39, 0.29) is 17.4 Å². The number of benzene rings is 1. The topological polar surface area (TPSA) is 40.5 Å². The molecule has 1 saturated carbocycles. The summed E-state index contributed by atoms with van der Waals surface area (Å²) in [5.41, 5.74) is -2.03. The number of likely N-dealkylation sites (tertiary alicyclic amines) is 1. The predicted octanol–water partition coefficient (Wildman–Crippen LogP) is 3.11. The maximum absolute atomic E-state index is 13.7. The van der Waals surface area contributed by atoms with E-state index in [1.165, 1.54) is 0 Å². The first-order chi connectivity index (χ1) is 11.1. The number of rotatable bonds is 2. The number of hydrogen-bond acceptors (Lipinski definition) is 2. The highest BCUT2D eigenvalue weighted by Gasteiger charge is 2.54. The van der Waals surface area contributed by atoms with Gasteiger partial charge in [-0.15, -0.1) is 0 Å². The van der Waals surface area contributed by atoms with Gasteiger partial charge in [0.2, 0.25) is 5.91 Å². The standard InChI is InChI=1S/C17H19F4NO2/c1-10-9-22(5-2-14(10)23)15(24)16(3-4-16)11-6-12(17(19,20)21)8-13(18)7-11/h6-8,10,14,23H,2-5,9H2,1H3/t10-,14-/m0/s1. The lowest BCUT2D eigenvalue weighted by Crippen LogP contribution is -2.48. The molecule has 3 nitrogen and oxygen atoms in total. The zero-order valence-electron chi connectivity index (χ0n) is 13.2. The second-order valence-electron chi connectivity index (χ2n) is 6.89. The van der Waals surface area contributed by atoms with Crippen molar-refractivity contribution in [2.75, 3.05) is 13.1 Å². The van der Waals surface area contributed by atoms with Crippen LogP contribution in [-0.4, -0.2) is 35.1 Å². The summed E-state index contributed by atoms with van der Waals surface area (Å²) in [5.74, 6) is -1.34. The van der Waals surface area contributed by atoms with Crippen LogP contribution in [0.1, 0.15) is 37.3 Å². The minimum atomic E-state index is -4.65. The van der Waals surface area contributed by atoms with Crippen LogP contribution in [0, 0.1) is 11.7 Å². The monoisotopic (exact) mass is 345 g/mol. The molecule has 3 rings (SSSR count). The van der Waals surface area contributed by atoms with Crippen LogP contribution in [0.15, 0.2) is 18.2 Å². The first-order valence-corrected chi connectivity index (χ1v) is 7.99. The molecule has 0 radical (unpaired) electrons. The second-order valence-corrected chi connectivity index (χ2v) is 6.89. The fourth-order valence-electron chi connectivity index (χ4n) is 3.40. The Labute approximate surface area is 137 Å². The second kappa shape index (κ2) is 5.72. The first kappa shape index (κ1) is 17.2. The first-order valence-electron chi connectivity index (χ1n) is 7.99. The van der Waals surface area contributed by atoms with Crippen molar-refractivity contribution >= 4 is 5.91 Å². The highest BCUT2D eigenvalue weighted by molar-refractivity contribution is 5.91. The quantitative estimate of drug-likeness (QED) is 0.837. The molecule has 1 aliphatic heterocycles. The lowest BCUT2D eigenvalue weighted by atomic mass is 9.90. The molecule has 1 aliphatic carbocycles. The molecular weight excluding hydrogens is 326 g/mol. The molecule has 2 aliphatic rings. The molecule has 1 amide bonds. The van der Waals surface area contributed by atoms with Gasteiger partial charge in [0.15, 0.2) is 0 Å². The van der Waals surface area contributed by atoms with E-state index in [1.54, 1.807) is 4.90 Å². The van der Waals surface area contributed by atoms with Crippen LogP contribution in [0.4, 0.5) is 17.6 Å². The summed E-state index contributed by atoms with van der Waals surface area (Å²) >= 11 is 0. The molecule has 1 aromatic carbocycles. The number of carbonyl (C=O) groups is 1. The number of aliphatic hydroxyl groups is 1. The third kappa shape index (κ3) is 3.01. The molecular formula is C17H19F4NO2. The average Bonchev–Trinajstić information content (AvgIpc) is 3.29.